The molecule has 0 aliphatic carbocycles. The fourth-order valence-electron chi connectivity index (χ4n) is 2.93. The van der Waals surface area contributed by atoms with Crippen molar-refractivity contribution in [2.45, 2.75) is 25.9 Å². The molecule has 0 aliphatic heterocycles. The molecular weight excluding hydrogens is 382 g/mol. The van der Waals surface area contributed by atoms with Crippen molar-refractivity contribution in [2.75, 3.05) is 13.7 Å². The van der Waals surface area contributed by atoms with Gasteiger partial charge in [-0.2, -0.15) is 5.10 Å². The highest BCUT2D eigenvalue weighted by Crippen LogP contribution is 2.21. The van der Waals surface area contributed by atoms with Gasteiger partial charge in [-0.1, -0.05) is 55.5 Å². The highest BCUT2D eigenvalue weighted by atomic mass is 16.6. The van der Waals surface area contributed by atoms with Crippen LogP contribution in [0.2, 0.25) is 0 Å². The molecule has 0 fully saturated rings. The zero-order valence-electron chi connectivity index (χ0n) is 17.2. The third-order valence-electron chi connectivity index (χ3n) is 4.72. The molecule has 30 heavy (non-hydrogen) atoms. The number of ether oxygens (including phenoxy) is 2. The van der Waals surface area contributed by atoms with E-state index in [4.69, 9.17) is 9.47 Å². The van der Waals surface area contributed by atoms with E-state index in [1.807, 2.05) is 67.6 Å². The molecule has 0 saturated heterocycles. The minimum Gasteiger partial charge on any atom is -0.493 e. The van der Waals surface area contributed by atoms with Crippen molar-refractivity contribution in [1.29, 1.82) is 0 Å². The second-order valence-electron chi connectivity index (χ2n) is 6.93. The number of rotatable bonds is 8. The predicted octanol–water partition coefficient (Wildman–Crippen LogP) is 3.35. The minimum atomic E-state index is -0.966. The van der Waals surface area contributed by atoms with Crippen LogP contribution in [0.25, 0.3) is 5.69 Å². The molecule has 0 unspecified atom stereocenters. The number of nitrogens with one attached hydrogen (secondary N) is 1. The van der Waals surface area contributed by atoms with Gasteiger partial charge in [-0.05, 0) is 30.5 Å². The monoisotopic (exact) mass is 407 g/mol. The van der Waals surface area contributed by atoms with Crippen molar-refractivity contribution < 1.29 is 19.1 Å². The van der Waals surface area contributed by atoms with E-state index in [-0.39, 0.29) is 23.3 Å². The third-order valence-corrected chi connectivity index (χ3v) is 4.72. The van der Waals surface area contributed by atoms with E-state index in [1.54, 1.807) is 6.20 Å². The first-order valence-corrected chi connectivity index (χ1v) is 9.72. The average Bonchev–Trinajstić information content (AvgIpc) is 3.23. The molecule has 0 spiro atoms. The zero-order chi connectivity index (χ0) is 21.5. The molecule has 1 heterocycles. The lowest BCUT2D eigenvalue weighted by Gasteiger charge is -2.16. The van der Waals surface area contributed by atoms with E-state index >= 15 is 0 Å². The number of amides is 1. The van der Waals surface area contributed by atoms with Crippen molar-refractivity contribution >= 4 is 11.9 Å². The number of hydrogen-bond donors (Lipinski definition) is 1. The Morgan fingerprint density at radius 2 is 1.67 bits per heavy atom. The Balaban J connectivity index is 1.61. The summed E-state index contributed by atoms with van der Waals surface area (Å²) in [4.78, 5) is 25.0. The number of benzene rings is 2. The molecule has 1 amide bonds. The number of carbonyl (C=O) groups is 2. The molecule has 1 N–H and O–H groups in total. The Labute approximate surface area is 175 Å². The second kappa shape index (κ2) is 9.73. The highest BCUT2D eigenvalue weighted by molar-refractivity contribution is 5.92. The van der Waals surface area contributed by atoms with Crippen LogP contribution in [-0.4, -0.2) is 41.4 Å². The summed E-state index contributed by atoms with van der Waals surface area (Å²) in [6, 6.07) is 19.2. The van der Waals surface area contributed by atoms with Gasteiger partial charge in [0, 0.05) is 6.54 Å². The van der Waals surface area contributed by atoms with Crippen LogP contribution in [0.5, 0.6) is 5.75 Å². The largest absolute Gasteiger partial charge is 0.493 e. The van der Waals surface area contributed by atoms with Crippen molar-refractivity contribution in [2.24, 2.45) is 0 Å². The summed E-state index contributed by atoms with van der Waals surface area (Å²) >= 11 is 0. The number of nitrogens with zero attached hydrogens (tertiary/aromatic N) is 2. The third kappa shape index (κ3) is 5.05. The van der Waals surface area contributed by atoms with Crippen LogP contribution in [0.1, 0.15) is 35.8 Å². The second-order valence-corrected chi connectivity index (χ2v) is 6.93. The number of esters is 1. The first-order valence-electron chi connectivity index (χ1n) is 9.72. The molecule has 0 aliphatic rings. The van der Waals surface area contributed by atoms with Crippen LogP contribution in [0.15, 0.2) is 66.9 Å². The van der Waals surface area contributed by atoms with E-state index in [9.17, 15) is 9.59 Å². The Morgan fingerprint density at radius 3 is 2.30 bits per heavy atom. The summed E-state index contributed by atoms with van der Waals surface area (Å²) in [6.07, 6.45) is 0.630. The van der Waals surface area contributed by atoms with E-state index in [0.29, 0.717) is 6.54 Å². The molecule has 1 aromatic heterocycles. The molecule has 0 saturated carbocycles. The lowest BCUT2D eigenvalue weighted by atomic mass is 10.0. The van der Waals surface area contributed by atoms with Crippen molar-refractivity contribution in [3.8, 4) is 11.4 Å². The molecule has 156 valence electrons. The van der Waals surface area contributed by atoms with Gasteiger partial charge >= 0.3 is 5.97 Å². The lowest BCUT2D eigenvalue weighted by molar-refractivity contribution is -0.129. The summed E-state index contributed by atoms with van der Waals surface area (Å²) in [5, 5.41) is 7.09. The fourth-order valence-corrected chi connectivity index (χ4v) is 2.93. The Hall–Kier alpha value is -3.61. The Morgan fingerprint density at radius 1 is 1.03 bits per heavy atom. The molecule has 3 aromatic rings. The predicted molar refractivity (Wildman–Crippen MR) is 113 cm³/mol. The van der Waals surface area contributed by atoms with Gasteiger partial charge in [0.05, 0.1) is 19.0 Å². The molecule has 2 aromatic carbocycles. The van der Waals surface area contributed by atoms with Gasteiger partial charge in [0.2, 0.25) is 5.69 Å². The van der Waals surface area contributed by atoms with Crippen LogP contribution in [-0.2, 0) is 9.53 Å². The molecule has 7 nitrogen and oxygen atoms in total. The van der Waals surface area contributed by atoms with Crippen LogP contribution in [0.3, 0.4) is 0 Å². The van der Waals surface area contributed by atoms with Gasteiger partial charge in [-0.25, -0.2) is 9.48 Å². The van der Waals surface area contributed by atoms with Gasteiger partial charge in [-0.15, -0.1) is 0 Å². The van der Waals surface area contributed by atoms with Gasteiger partial charge in [-0.3, -0.25) is 4.79 Å². The maximum atomic E-state index is 12.6. The smallest absolute Gasteiger partial charge is 0.363 e. The highest BCUT2D eigenvalue weighted by Gasteiger charge is 2.25. The molecule has 0 radical (unpaired) electrons. The summed E-state index contributed by atoms with van der Waals surface area (Å²) in [5.74, 6) is -0.679. The summed E-state index contributed by atoms with van der Waals surface area (Å²) < 4.78 is 12.1. The van der Waals surface area contributed by atoms with Crippen molar-refractivity contribution in [1.82, 2.24) is 15.1 Å². The zero-order valence-corrected chi connectivity index (χ0v) is 17.2. The summed E-state index contributed by atoms with van der Waals surface area (Å²) in [6.45, 7) is 3.99. The van der Waals surface area contributed by atoms with Gasteiger partial charge in [0.1, 0.15) is 0 Å². The molecule has 2 atom stereocenters. The number of para-hydroxylation sites is 1. The average molecular weight is 407 g/mol. The van der Waals surface area contributed by atoms with Crippen LogP contribution in [0, 0.1) is 0 Å². The van der Waals surface area contributed by atoms with Gasteiger partial charge in [0.15, 0.2) is 11.9 Å². The van der Waals surface area contributed by atoms with Gasteiger partial charge < -0.3 is 14.8 Å². The fraction of sp³-hybridized carbons (Fsp3) is 0.261. The summed E-state index contributed by atoms with van der Waals surface area (Å²) in [7, 11) is 1.45. The molecule has 0 bridgehead atoms. The van der Waals surface area contributed by atoms with E-state index in [1.165, 1.54) is 18.7 Å². The number of hydrogen-bond acceptors (Lipinski definition) is 5. The van der Waals surface area contributed by atoms with Crippen molar-refractivity contribution in [3.63, 3.8) is 0 Å². The minimum absolute atomic E-state index is 0.0126. The van der Waals surface area contributed by atoms with Crippen LogP contribution >= 0.6 is 0 Å². The van der Waals surface area contributed by atoms with Crippen molar-refractivity contribution in [3.05, 3.63) is 78.1 Å². The summed E-state index contributed by atoms with van der Waals surface area (Å²) in [5.41, 5.74) is 1.91. The van der Waals surface area contributed by atoms with Crippen LogP contribution in [0.4, 0.5) is 0 Å². The number of methoxy groups -OCH3 is 1. The SMILES string of the molecule is COc1cn(-c2ccccc2)nc1C(=O)O[C@@H](C)C(=O)NC[C@@H](C)c1ccccc1. The molecule has 7 heteroatoms. The van der Waals surface area contributed by atoms with Gasteiger partial charge in [0.25, 0.3) is 5.91 Å². The quantitative estimate of drug-likeness (QED) is 0.579. The molecular formula is C23H25N3O4. The molecule has 3 rings (SSSR count). The standard InChI is InChI=1S/C23H25N3O4/c1-16(18-10-6-4-7-11-18)14-24-22(27)17(2)30-23(28)21-20(29-3)15-26(25-21)19-12-8-5-9-13-19/h4-13,15-17H,14H2,1-3H3,(H,24,27)/t16-,17+/m1/s1. The lowest BCUT2D eigenvalue weighted by Crippen LogP contribution is -2.37. The first kappa shape index (κ1) is 21.1. The maximum absolute atomic E-state index is 12.6. The Bertz CT molecular complexity index is 986. The number of carbonyl (C=O) groups excluding carboxylic acids is 2. The normalized spacial score (nSPS) is 12.6. The number of aromatic nitrogens is 2. The first-order chi connectivity index (χ1) is 14.5. The Kier molecular flexibility index (Phi) is 6.85. The van der Waals surface area contributed by atoms with E-state index in [0.717, 1.165) is 11.3 Å². The van der Waals surface area contributed by atoms with E-state index in [2.05, 4.69) is 10.4 Å². The maximum Gasteiger partial charge on any atom is 0.363 e. The van der Waals surface area contributed by atoms with E-state index < -0.39 is 12.1 Å². The topological polar surface area (TPSA) is 82.5 Å². The van der Waals surface area contributed by atoms with Crippen LogP contribution < -0.4 is 10.1 Å².